The van der Waals surface area contributed by atoms with Gasteiger partial charge in [-0.2, -0.15) is 0 Å². The van der Waals surface area contributed by atoms with Crippen LogP contribution in [0.5, 0.6) is 0 Å². The van der Waals surface area contributed by atoms with Crippen molar-refractivity contribution in [2.75, 3.05) is 6.54 Å². The number of rotatable bonds is 6. The maximum atomic E-state index is 11.6. The second-order valence-electron chi connectivity index (χ2n) is 3.93. The molecule has 1 aromatic heterocycles. The third-order valence-corrected chi connectivity index (χ3v) is 2.56. The van der Waals surface area contributed by atoms with Crippen molar-refractivity contribution in [3.8, 4) is 0 Å². The minimum absolute atomic E-state index is 0.0145. The van der Waals surface area contributed by atoms with Crippen molar-refractivity contribution in [1.82, 2.24) is 5.32 Å². The molecule has 1 atom stereocenters. The molecule has 0 fully saturated rings. The SMILES string of the molecule is CCC(CNC(=O)c1ccc(=O)oc1)CC(=O)O. The Hall–Kier alpha value is -2.11. The van der Waals surface area contributed by atoms with Gasteiger partial charge in [0, 0.05) is 19.0 Å². The Morgan fingerprint density at radius 3 is 2.67 bits per heavy atom. The van der Waals surface area contributed by atoms with Crippen molar-refractivity contribution in [3.63, 3.8) is 0 Å². The van der Waals surface area contributed by atoms with E-state index in [4.69, 9.17) is 5.11 Å². The molecule has 1 unspecified atom stereocenters. The van der Waals surface area contributed by atoms with Gasteiger partial charge in [-0.25, -0.2) is 4.79 Å². The summed E-state index contributed by atoms with van der Waals surface area (Å²) in [6.07, 6.45) is 1.76. The normalized spacial score (nSPS) is 11.8. The maximum absolute atomic E-state index is 11.6. The molecule has 1 heterocycles. The van der Waals surface area contributed by atoms with Crippen molar-refractivity contribution in [2.45, 2.75) is 19.8 Å². The molecule has 0 aliphatic heterocycles. The number of carbonyl (C=O) groups is 2. The van der Waals surface area contributed by atoms with E-state index in [1.165, 1.54) is 6.07 Å². The van der Waals surface area contributed by atoms with Gasteiger partial charge in [-0.15, -0.1) is 0 Å². The van der Waals surface area contributed by atoms with Crippen LogP contribution in [0.15, 0.2) is 27.6 Å². The second kappa shape index (κ2) is 6.58. The molecule has 0 aromatic carbocycles. The average Bonchev–Trinajstić information content (AvgIpc) is 2.34. The molecule has 0 saturated heterocycles. The Morgan fingerprint density at radius 2 is 2.17 bits per heavy atom. The number of carboxylic acid groups (broad SMARTS) is 1. The quantitative estimate of drug-likeness (QED) is 0.784. The molecule has 0 saturated carbocycles. The Kier molecular flexibility index (Phi) is 5.10. The van der Waals surface area contributed by atoms with Crippen LogP contribution in [-0.2, 0) is 4.79 Å². The van der Waals surface area contributed by atoms with Gasteiger partial charge < -0.3 is 14.8 Å². The number of carbonyl (C=O) groups excluding carboxylic acids is 1. The fourth-order valence-electron chi connectivity index (χ4n) is 1.43. The predicted octanol–water partition coefficient (Wildman–Crippen LogP) is 0.871. The number of nitrogens with one attached hydrogen (secondary N) is 1. The molecule has 98 valence electrons. The van der Waals surface area contributed by atoms with Crippen molar-refractivity contribution >= 4 is 11.9 Å². The molecule has 0 aliphatic rings. The highest BCUT2D eigenvalue weighted by Gasteiger charge is 2.13. The van der Waals surface area contributed by atoms with Gasteiger partial charge >= 0.3 is 11.6 Å². The summed E-state index contributed by atoms with van der Waals surface area (Å²) in [6.45, 7) is 2.14. The first-order valence-corrected chi connectivity index (χ1v) is 5.61. The van der Waals surface area contributed by atoms with E-state index in [-0.39, 0.29) is 30.4 Å². The Labute approximate surface area is 104 Å². The minimum Gasteiger partial charge on any atom is -0.481 e. The van der Waals surface area contributed by atoms with Crippen LogP contribution in [-0.4, -0.2) is 23.5 Å². The molecular weight excluding hydrogens is 238 g/mol. The molecule has 1 rings (SSSR count). The van der Waals surface area contributed by atoms with Crippen LogP contribution in [0, 0.1) is 5.92 Å². The molecule has 0 radical (unpaired) electrons. The van der Waals surface area contributed by atoms with E-state index in [0.717, 1.165) is 12.3 Å². The van der Waals surface area contributed by atoms with Crippen LogP contribution in [0.25, 0.3) is 0 Å². The zero-order valence-electron chi connectivity index (χ0n) is 10.0. The number of amides is 1. The first-order valence-electron chi connectivity index (χ1n) is 5.61. The zero-order chi connectivity index (χ0) is 13.5. The van der Waals surface area contributed by atoms with E-state index in [9.17, 15) is 14.4 Å². The first kappa shape index (κ1) is 14.0. The summed E-state index contributed by atoms with van der Waals surface area (Å²) < 4.78 is 4.57. The summed E-state index contributed by atoms with van der Waals surface area (Å²) in [5, 5.41) is 11.3. The molecule has 2 N–H and O–H groups in total. The zero-order valence-corrected chi connectivity index (χ0v) is 10.0. The molecule has 6 nitrogen and oxygen atoms in total. The number of hydrogen-bond acceptors (Lipinski definition) is 4. The van der Waals surface area contributed by atoms with Gasteiger partial charge in [-0.05, 0) is 12.0 Å². The molecule has 1 aromatic rings. The lowest BCUT2D eigenvalue weighted by molar-refractivity contribution is -0.138. The summed E-state index contributed by atoms with van der Waals surface area (Å²) in [5.41, 5.74) is -0.288. The predicted molar refractivity (Wildman–Crippen MR) is 63.3 cm³/mol. The lowest BCUT2D eigenvalue weighted by Gasteiger charge is -2.13. The summed E-state index contributed by atoms with van der Waals surface area (Å²) in [4.78, 5) is 32.9. The standard InChI is InChI=1S/C12H15NO5/c1-2-8(5-10(14)15)6-13-12(17)9-3-4-11(16)18-7-9/h3-4,7-8H,2,5-6H2,1H3,(H,13,17)(H,14,15). The fourth-order valence-corrected chi connectivity index (χ4v) is 1.43. The van der Waals surface area contributed by atoms with Crippen molar-refractivity contribution in [3.05, 3.63) is 34.4 Å². The molecule has 0 spiro atoms. The van der Waals surface area contributed by atoms with E-state index >= 15 is 0 Å². The smallest absolute Gasteiger partial charge is 0.335 e. The third kappa shape index (κ3) is 4.40. The van der Waals surface area contributed by atoms with E-state index < -0.39 is 11.6 Å². The summed E-state index contributed by atoms with van der Waals surface area (Å²) in [5.74, 6) is -1.38. The highest BCUT2D eigenvalue weighted by atomic mass is 16.4. The summed E-state index contributed by atoms with van der Waals surface area (Å²) >= 11 is 0. The van der Waals surface area contributed by atoms with Crippen LogP contribution < -0.4 is 10.9 Å². The lowest BCUT2D eigenvalue weighted by atomic mass is 10.0. The Bertz CT molecular complexity index is 459. The number of carboxylic acids is 1. The molecule has 1 amide bonds. The van der Waals surface area contributed by atoms with E-state index in [0.29, 0.717) is 6.42 Å². The van der Waals surface area contributed by atoms with E-state index in [1.807, 2.05) is 6.92 Å². The van der Waals surface area contributed by atoms with E-state index in [2.05, 4.69) is 9.73 Å². The topological polar surface area (TPSA) is 96.6 Å². The van der Waals surface area contributed by atoms with Crippen LogP contribution in [0.4, 0.5) is 0 Å². The van der Waals surface area contributed by atoms with Crippen LogP contribution in [0.1, 0.15) is 30.1 Å². The van der Waals surface area contributed by atoms with Gasteiger partial charge in [0.05, 0.1) is 5.56 Å². The molecule has 6 heteroatoms. The molecular formula is C12H15NO5. The summed E-state index contributed by atoms with van der Waals surface area (Å²) in [7, 11) is 0. The fraction of sp³-hybridized carbons (Fsp3) is 0.417. The second-order valence-corrected chi connectivity index (χ2v) is 3.93. The maximum Gasteiger partial charge on any atom is 0.335 e. The molecule has 18 heavy (non-hydrogen) atoms. The van der Waals surface area contributed by atoms with Crippen LogP contribution >= 0.6 is 0 Å². The third-order valence-electron chi connectivity index (χ3n) is 2.56. The van der Waals surface area contributed by atoms with Crippen LogP contribution in [0.2, 0.25) is 0 Å². The van der Waals surface area contributed by atoms with Gasteiger partial charge in [0.2, 0.25) is 0 Å². The Balaban J connectivity index is 2.52. The van der Waals surface area contributed by atoms with Gasteiger partial charge in [0.15, 0.2) is 0 Å². The highest BCUT2D eigenvalue weighted by molar-refractivity contribution is 5.93. The lowest BCUT2D eigenvalue weighted by Crippen LogP contribution is -2.30. The molecule has 0 aliphatic carbocycles. The van der Waals surface area contributed by atoms with Gasteiger partial charge in [-0.3, -0.25) is 9.59 Å². The Morgan fingerprint density at radius 1 is 1.44 bits per heavy atom. The van der Waals surface area contributed by atoms with E-state index in [1.54, 1.807) is 0 Å². The average molecular weight is 253 g/mol. The number of aliphatic carboxylic acids is 1. The first-order chi connectivity index (χ1) is 8.52. The highest BCUT2D eigenvalue weighted by Crippen LogP contribution is 2.07. The van der Waals surface area contributed by atoms with Crippen molar-refractivity contribution in [1.29, 1.82) is 0 Å². The van der Waals surface area contributed by atoms with Gasteiger partial charge in [-0.1, -0.05) is 13.3 Å². The largest absolute Gasteiger partial charge is 0.481 e. The number of hydrogen-bond donors (Lipinski definition) is 2. The van der Waals surface area contributed by atoms with Gasteiger partial charge in [0.25, 0.3) is 5.91 Å². The monoisotopic (exact) mass is 253 g/mol. The van der Waals surface area contributed by atoms with Crippen molar-refractivity contribution in [2.24, 2.45) is 5.92 Å². The van der Waals surface area contributed by atoms with Crippen molar-refractivity contribution < 1.29 is 19.1 Å². The minimum atomic E-state index is -0.887. The molecule has 0 bridgehead atoms. The summed E-state index contributed by atoms with van der Waals surface area (Å²) in [6, 6.07) is 2.52. The van der Waals surface area contributed by atoms with Crippen LogP contribution in [0.3, 0.4) is 0 Å². The van der Waals surface area contributed by atoms with Gasteiger partial charge in [0.1, 0.15) is 6.26 Å².